The number of aromatic amines is 1. The van der Waals surface area contributed by atoms with Crippen molar-refractivity contribution in [3.05, 3.63) is 76.1 Å². The van der Waals surface area contributed by atoms with Gasteiger partial charge in [0.1, 0.15) is 0 Å². The summed E-state index contributed by atoms with van der Waals surface area (Å²) in [5.41, 5.74) is 3.45. The van der Waals surface area contributed by atoms with Crippen molar-refractivity contribution < 1.29 is 9.47 Å². The minimum absolute atomic E-state index is 0.137. The summed E-state index contributed by atoms with van der Waals surface area (Å²) in [5, 5.41) is 6.78. The average molecular weight is 350 g/mol. The van der Waals surface area contributed by atoms with Crippen molar-refractivity contribution in [2.75, 3.05) is 14.2 Å². The molecule has 26 heavy (non-hydrogen) atoms. The monoisotopic (exact) mass is 350 g/mol. The Kier molecular flexibility index (Phi) is 5.69. The molecule has 0 radical (unpaired) electrons. The summed E-state index contributed by atoms with van der Waals surface area (Å²) in [4.78, 5) is 12.1. The molecule has 1 heterocycles. The van der Waals surface area contributed by atoms with Gasteiger partial charge in [-0.15, -0.1) is 0 Å². The van der Waals surface area contributed by atoms with E-state index in [1.165, 1.54) is 5.56 Å². The molecule has 0 fully saturated rings. The molecule has 0 aliphatic carbocycles. The zero-order valence-electron chi connectivity index (χ0n) is 15.0. The fourth-order valence-electron chi connectivity index (χ4n) is 2.90. The highest BCUT2D eigenvalue weighted by atomic mass is 16.5. The number of hydrogen-bond acceptors (Lipinski definition) is 4. The molecule has 0 unspecified atom stereocenters. The van der Waals surface area contributed by atoms with Crippen molar-refractivity contribution in [3.63, 3.8) is 0 Å². The molecule has 0 amide bonds. The summed E-state index contributed by atoms with van der Waals surface area (Å²) >= 11 is 0. The van der Waals surface area contributed by atoms with E-state index in [1.807, 2.05) is 42.5 Å². The van der Waals surface area contributed by atoms with E-state index < -0.39 is 0 Å². The van der Waals surface area contributed by atoms with Crippen molar-refractivity contribution in [3.8, 4) is 22.8 Å². The molecule has 0 bridgehead atoms. The van der Waals surface area contributed by atoms with E-state index in [0.717, 1.165) is 24.0 Å². The van der Waals surface area contributed by atoms with Crippen molar-refractivity contribution in [1.29, 1.82) is 0 Å². The Hall–Kier alpha value is -3.08. The van der Waals surface area contributed by atoms with Crippen LogP contribution in [0.3, 0.4) is 0 Å². The first-order valence-electron chi connectivity index (χ1n) is 8.56. The lowest BCUT2D eigenvalue weighted by Gasteiger charge is -2.10. The van der Waals surface area contributed by atoms with Crippen LogP contribution in [-0.2, 0) is 12.8 Å². The number of nitrogens with one attached hydrogen (secondary N) is 1. The lowest BCUT2D eigenvalue weighted by molar-refractivity contribution is 0.355. The van der Waals surface area contributed by atoms with Crippen molar-refractivity contribution in [1.82, 2.24) is 10.2 Å². The normalized spacial score (nSPS) is 10.5. The molecule has 0 atom stereocenters. The van der Waals surface area contributed by atoms with Gasteiger partial charge in [-0.2, -0.15) is 5.10 Å². The van der Waals surface area contributed by atoms with Crippen LogP contribution in [0.4, 0.5) is 0 Å². The first-order valence-corrected chi connectivity index (χ1v) is 8.56. The number of methoxy groups -OCH3 is 2. The minimum atomic E-state index is -0.137. The van der Waals surface area contributed by atoms with Crippen LogP contribution in [0.25, 0.3) is 11.3 Å². The van der Waals surface area contributed by atoms with Crippen LogP contribution in [0, 0.1) is 0 Å². The lowest BCUT2D eigenvalue weighted by Crippen LogP contribution is -2.14. The van der Waals surface area contributed by atoms with Gasteiger partial charge in [-0.3, -0.25) is 4.79 Å². The van der Waals surface area contributed by atoms with Gasteiger partial charge in [0, 0.05) is 11.1 Å². The number of benzene rings is 2. The van der Waals surface area contributed by atoms with Crippen LogP contribution < -0.4 is 15.0 Å². The number of hydrogen-bond donors (Lipinski definition) is 1. The Morgan fingerprint density at radius 1 is 0.923 bits per heavy atom. The second-order valence-corrected chi connectivity index (χ2v) is 6.02. The standard InChI is InChI=1S/C21H22N2O3/c1-25-19-12-11-16(14-20(19)26-2)18-13-17(21(24)23-22-18)10-6-9-15-7-4-3-5-8-15/h3-5,7-8,11-14H,6,9-10H2,1-2H3,(H,23,24). The van der Waals surface area contributed by atoms with E-state index in [2.05, 4.69) is 22.3 Å². The fourth-order valence-corrected chi connectivity index (χ4v) is 2.90. The first-order chi connectivity index (χ1) is 12.7. The molecule has 5 heteroatoms. The smallest absolute Gasteiger partial charge is 0.267 e. The maximum atomic E-state index is 12.1. The highest BCUT2D eigenvalue weighted by Crippen LogP contribution is 2.31. The maximum absolute atomic E-state index is 12.1. The van der Waals surface area contributed by atoms with E-state index in [4.69, 9.17) is 9.47 Å². The lowest BCUT2D eigenvalue weighted by atomic mass is 10.0. The topological polar surface area (TPSA) is 64.2 Å². The Morgan fingerprint density at radius 3 is 2.42 bits per heavy atom. The molecule has 3 aromatic rings. The third-order valence-electron chi connectivity index (χ3n) is 4.31. The third kappa shape index (κ3) is 4.11. The van der Waals surface area contributed by atoms with Gasteiger partial charge in [0.15, 0.2) is 11.5 Å². The van der Waals surface area contributed by atoms with Gasteiger partial charge >= 0.3 is 0 Å². The van der Waals surface area contributed by atoms with Gasteiger partial charge in [0.2, 0.25) is 0 Å². The summed E-state index contributed by atoms with van der Waals surface area (Å²) in [6, 6.07) is 17.7. The van der Waals surface area contributed by atoms with Gasteiger partial charge in [-0.05, 0) is 49.1 Å². The van der Waals surface area contributed by atoms with E-state index in [1.54, 1.807) is 14.2 Å². The SMILES string of the molecule is COc1ccc(-c2cc(CCCc3ccccc3)c(=O)[nH]n2)cc1OC. The zero-order chi connectivity index (χ0) is 18.4. The molecule has 0 saturated heterocycles. The highest BCUT2D eigenvalue weighted by Gasteiger charge is 2.10. The molecule has 0 aliphatic heterocycles. The van der Waals surface area contributed by atoms with Crippen LogP contribution in [0.5, 0.6) is 11.5 Å². The Morgan fingerprint density at radius 2 is 1.69 bits per heavy atom. The number of H-pyrrole nitrogens is 1. The molecule has 2 aromatic carbocycles. The number of rotatable bonds is 7. The minimum Gasteiger partial charge on any atom is -0.493 e. The molecule has 134 valence electrons. The predicted octanol–water partition coefficient (Wildman–Crippen LogP) is 3.63. The molecule has 0 saturated carbocycles. The second kappa shape index (κ2) is 8.34. The van der Waals surface area contributed by atoms with Crippen LogP contribution in [0.15, 0.2) is 59.4 Å². The quantitative estimate of drug-likeness (QED) is 0.707. The Labute approximate surface area is 152 Å². The molecule has 3 rings (SSSR count). The molecular formula is C21H22N2O3. The van der Waals surface area contributed by atoms with E-state index in [-0.39, 0.29) is 5.56 Å². The fraction of sp³-hybridized carbons (Fsp3) is 0.238. The van der Waals surface area contributed by atoms with Gasteiger partial charge in [-0.25, -0.2) is 5.10 Å². The Bertz CT molecular complexity index is 920. The van der Waals surface area contributed by atoms with Crippen LogP contribution >= 0.6 is 0 Å². The molecule has 1 N–H and O–H groups in total. The van der Waals surface area contributed by atoms with Crippen LogP contribution in [0.2, 0.25) is 0 Å². The van der Waals surface area contributed by atoms with Gasteiger partial charge in [-0.1, -0.05) is 30.3 Å². The molecular weight excluding hydrogens is 328 g/mol. The second-order valence-electron chi connectivity index (χ2n) is 6.02. The number of aryl methyl sites for hydroxylation is 2. The van der Waals surface area contributed by atoms with Crippen molar-refractivity contribution >= 4 is 0 Å². The van der Waals surface area contributed by atoms with Crippen molar-refractivity contribution in [2.45, 2.75) is 19.3 Å². The van der Waals surface area contributed by atoms with Crippen LogP contribution in [-0.4, -0.2) is 24.4 Å². The van der Waals surface area contributed by atoms with Crippen LogP contribution in [0.1, 0.15) is 17.5 Å². The van der Waals surface area contributed by atoms with E-state index in [9.17, 15) is 4.79 Å². The highest BCUT2D eigenvalue weighted by molar-refractivity contribution is 5.64. The summed E-state index contributed by atoms with van der Waals surface area (Å²) < 4.78 is 10.6. The summed E-state index contributed by atoms with van der Waals surface area (Å²) in [6.07, 6.45) is 2.55. The number of nitrogens with zero attached hydrogens (tertiary/aromatic N) is 1. The number of aromatic nitrogens is 2. The summed E-state index contributed by atoms with van der Waals surface area (Å²) in [7, 11) is 3.19. The molecule has 1 aromatic heterocycles. The largest absolute Gasteiger partial charge is 0.493 e. The average Bonchev–Trinajstić information content (AvgIpc) is 2.69. The first kappa shape index (κ1) is 17.7. The Balaban J connectivity index is 1.78. The zero-order valence-corrected chi connectivity index (χ0v) is 15.0. The maximum Gasteiger partial charge on any atom is 0.267 e. The number of ether oxygens (including phenoxy) is 2. The summed E-state index contributed by atoms with van der Waals surface area (Å²) in [6.45, 7) is 0. The van der Waals surface area contributed by atoms with Gasteiger partial charge in [0.05, 0.1) is 19.9 Å². The molecule has 0 aliphatic rings. The predicted molar refractivity (Wildman–Crippen MR) is 102 cm³/mol. The summed E-state index contributed by atoms with van der Waals surface area (Å²) in [5.74, 6) is 1.28. The third-order valence-corrected chi connectivity index (χ3v) is 4.31. The molecule has 5 nitrogen and oxygen atoms in total. The molecule has 0 spiro atoms. The van der Waals surface area contributed by atoms with Crippen molar-refractivity contribution in [2.24, 2.45) is 0 Å². The van der Waals surface area contributed by atoms with E-state index >= 15 is 0 Å². The van der Waals surface area contributed by atoms with Gasteiger partial charge in [0.25, 0.3) is 5.56 Å². The van der Waals surface area contributed by atoms with E-state index in [0.29, 0.717) is 23.6 Å². The van der Waals surface area contributed by atoms with Gasteiger partial charge < -0.3 is 9.47 Å².